The van der Waals surface area contributed by atoms with Gasteiger partial charge in [-0.25, -0.2) is 13.2 Å². The van der Waals surface area contributed by atoms with Gasteiger partial charge in [-0.3, -0.25) is 10.1 Å². The Bertz CT molecular complexity index is 468. The molecule has 7 heteroatoms. The molecule has 3 amide bonds. The summed E-state index contributed by atoms with van der Waals surface area (Å²) < 4.78 is 22.4. The number of imide groups is 1. The molecule has 2 aliphatic rings. The number of rotatable bonds is 1. The van der Waals surface area contributed by atoms with E-state index in [1.54, 1.807) is 6.92 Å². The molecule has 88 valence electrons. The fourth-order valence-electron chi connectivity index (χ4n) is 1.80. The van der Waals surface area contributed by atoms with E-state index in [1.165, 1.54) is 11.0 Å². The first-order valence-corrected chi connectivity index (χ1v) is 6.63. The molecule has 2 heterocycles. The maximum atomic E-state index is 11.5. The Morgan fingerprint density at radius 1 is 1.44 bits per heavy atom. The van der Waals surface area contributed by atoms with Crippen molar-refractivity contribution in [3.63, 3.8) is 0 Å². The van der Waals surface area contributed by atoms with Crippen LogP contribution in [-0.4, -0.2) is 43.6 Å². The number of nitrogens with one attached hydrogen (secondary N) is 1. The molecule has 6 nitrogen and oxygen atoms in total. The SMILES string of the molecule is CC1CN(C2C=CS(=O)(=O)C2)C(=O)NC1=O. The molecule has 0 aromatic rings. The Morgan fingerprint density at radius 3 is 2.69 bits per heavy atom. The van der Waals surface area contributed by atoms with Crippen LogP contribution in [0, 0.1) is 5.92 Å². The Morgan fingerprint density at radius 2 is 2.12 bits per heavy atom. The highest BCUT2D eigenvalue weighted by Gasteiger charge is 2.36. The summed E-state index contributed by atoms with van der Waals surface area (Å²) >= 11 is 0. The minimum absolute atomic E-state index is 0.0959. The highest BCUT2D eigenvalue weighted by atomic mass is 32.2. The van der Waals surface area contributed by atoms with Crippen LogP contribution in [0.4, 0.5) is 4.79 Å². The second-order valence-electron chi connectivity index (χ2n) is 4.07. The normalized spacial score (nSPS) is 32.9. The average molecular weight is 244 g/mol. The van der Waals surface area contributed by atoms with E-state index >= 15 is 0 Å². The lowest BCUT2D eigenvalue weighted by molar-refractivity contribution is -0.125. The van der Waals surface area contributed by atoms with Crippen molar-refractivity contribution in [2.45, 2.75) is 13.0 Å². The van der Waals surface area contributed by atoms with Gasteiger partial charge in [0.1, 0.15) is 0 Å². The van der Waals surface area contributed by atoms with Crippen molar-refractivity contribution < 1.29 is 18.0 Å². The first kappa shape index (κ1) is 11.1. The van der Waals surface area contributed by atoms with Gasteiger partial charge in [0, 0.05) is 12.0 Å². The molecule has 1 fully saturated rings. The lowest BCUT2D eigenvalue weighted by atomic mass is 10.1. The van der Waals surface area contributed by atoms with E-state index in [-0.39, 0.29) is 24.1 Å². The van der Waals surface area contributed by atoms with Crippen LogP contribution < -0.4 is 5.32 Å². The number of sulfone groups is 1. The third kappa shape index (κ3) is 1.95. The van der Waals surface area contributed by atoms with E-state index in [2.05, 4.69) is 5.32 Å². The molecule has 0 aliphatic carbocycles. The molecule has 16 heavy (non-hydrogen) atoms. The number of carbonyl (C=O) groups is 2. The minimum Gasteiger partial charge on any atom is -0.316 e. The molecule has 0 radical (unpaired) electrons. The lowest BCUT2D eigenvalue weighted by Crippen LogP contribution is -2.57. The molecule has 2 unspecified atom stereocenters. The summed E-state index contributed by atoms with van der Waals surface area (Å²) in [5.41, 5.74) is 0. The fraction of sp³-hybridized carbons (Fsp3) is 0.556. The summed E-state index contributed by atoms with van der Waals surface area (Å²) in [6, 6.07) is -0.976. The summed E-state index contributed by atoms with van der Waals surface area (Å²) in [6.07, 6.45) is 1.48. The van der Waals surface area contributed by atoms with Gasteiger partial charge >= 0.3 is 6.03 Å². The molecule has 2 rings (SSSR count). The molecule has 0 aromatic heterocycles. The number of carbonyl (C=O) groups excluding carboxylic acids is 2. The highest BCUT2D eigenvalue weighted by Crippen LogP contribution is 2.18. The van der Waals surface area contributed by atoms with Crippen LogP contribution in [0.3, 0.4) is 0 Å². The van der Waals surface area contributed by atoms with E-state index in [9.17, 15) is 18.0 Å². The Balaban J connectivity index is 2.14. The number of urea groups is 1. The summed E-state index contributed by atoms with van der Waals surface area (Å²) in [5, 5.41) is 3.32. The van der Waals surface area contributed by atoms with E-state index in [0.717, 1.165) is 5.41 Å². The second-order valence-corrected chi connectivity index (χ2v) is 6.00. The first-order valence-electron chi connectivity index (χ1n) is 4.91. The van der Waals surface area contributed by atoms with Crippen LogP contribution in [0.15, 0.2) is 11.5 Å². The summed E-state index contributed by atoms with van der Waals surface area (Å²) in [6.45, 7) is 1.96. The molecule has 0 bridgehead atoms. The van der Waals surface area contributed by atoms with Crippen LogP contribution in [0.1, 0.15) is 6.92 Å². The van der Waals surface area contributed by atoms with Gasteiger partial charge in [-0.1, -0.05) is 6.92 Å². The molecule has 0 saturated carbocycles. The van der Waals surface area contributed by atoms with Crippen LogP contribution in [0.2, 0.25) is 0 Å². The Labute approximate surface area is 93.2 Å². The zero-order chi connectivity index (χ0) is 11.9. The van der Waals surface area contributed by atoms with Gasteiger partial charge < -0.3 is 4.90 Å². The molecular weight excluding hydrogens is 232 g/mol. The number of hydrogen-bond acceptors (Lipinski definition) is 4. The second kappa shape index (κ2) is 3.58. The van der Waals surface area contributed by atoms with Crippen LogP contribution in [0.25, 0.3) is 0 Å². The molecule has 1 N–H and O–H groups in total. The zero-order valence-corrected chi connectivity index (χ0v) is 9.53. The van der Waals surface area contributed by atoms with E-state index in [4.69, 9.17) is 0 Å². The van der Waals surface area contributed by atoms with E-state index in [0.29, 0.717) is 0 Å². The predicted molar refractivity (Wildman–Crippen MR) is 56.1 cm³/mol. The van der Waals surface area contributed by atoms with Crippen molar-refractivity contribution in [1.29, 1.82) is 0 Å². The van der Waals surface area contributed by atoms with Crippen molar-refractivity contribution >= 4 is 21.8 Å². The minimum atomic E-state index is -3.19. The van der Waals surface area contributed by atoms with Gasteiger partial charge in [0.05, 0.1) is 17.7 Å². The third-order valence-corrected chi connectivity index (χ3v) is 4.10. The summed E-state index contributed by atoms with van der Waals surface area (Å²) in [4.78, 5) is 24.1. The highest BCUT2D eigenvalue weighted by molar-refractivity contribution is 7.94. The van der Waals surface area contributed by atoms with Crippen LogP contribution >= 0.6 is 0 Å². The Hall–Kier alpha value is -1.37. The maximum Gasteiger partial charge on any atom is 0.324 e. The van der Waals surface area contributed by atoms with Gasteiger partial charge in [0.15, 0.2) is 9.84 Å². The zero-order valence-electron chi connectivity index (χ0n) is 8.71. The molecule has 2 aliphatic heterocycles. The average Bonchev–Trinajstić information content (AvgIpc) is 2.52. The number of nitrogens with zero attached hydrogens (tertiary/aromatic N) is 1. The van der Waals surface area contributed by atoms with Crippen LogP contribution in [0.5, 0.6) is 0 Å². The van der Waals surface area contributed by atoms with Gasteiger partial charge in [-0.2, -0.15) is 0 Å². The standard InChI is InChI=1S/C9H12N2O4S/c1-6-4-11(9(13)10-8(6)12)7-2-3-16(14,15)5-7/h2-3,6-7H,4-5H2,1H3,(H,10,12,13). The Kier molecular flexibility index (Phi) is 2.49. The lowest BCUT2D eigenvalue weighted by Gasteiger charge is -2.33. The van der Waals surface area contributed by atoms with Gasteiger partial charge in [-0.05, 0) is 6.08 Å². The fourth-order valence-corrected chi connectivity index (χ4v) is 3.10. The van der Waals surface area contributed by atoms with Crippen LogP contribution in [-0.2, 0) is 14.6 Å². The maximum absolute atomic E-state index is 11.5. The monoisotopic (exact) mass is 244 g/mol. The molecule has 1 saturated heterocycles. The summed E-state index contributed by atoms with van der Waals surface area (Å²) in [5.74, 6) is -0.720. The number of amides is 3. The molecular formula is C9H12N2O4S. The van der Waals surface area contributed by atoms with Crippen molar-refractivity contribution in [3.8, 4) is 0 Å². The summed E-state index contributed by atoms with van der Waals surface area (Å²) in [7, 11) is -3.19. The smallest absolute Gasteiger partial charge is 0.316 e. The van der Waals surface area contributed by atoms with Crippen molar-refractivity contribution in [3.05, 3.63) is 11.5 Å². The van der Waals surface area contributed by atoms with Crippen molar-refractivity contribution in [2.75, 3.05) is 12.3 Å². The van der Waals surface area contributed by atoms with Gasteiger partial charge in [0.25, 0.3) is 0 Å². The predicted octanol–water partition coefficient (Wildman–Crippen LogP) is -0.515. The first-order chi connectivity index (χ1) is 7.39. The number of hydrogen-bond donors (Lipinski definition) is 1. The van der Waals surface area contributed by atoms with Crippen molar-refractivity contribution in [1.82, 2.24) is 10.2 Å². The van der Waals surface area contributed by atoms with Gasteiger partial charge in [-0.15, -0.1) is 0 Å². The molecule has 0 aromatic carbocycles. The molecule has 2 atom stereocenters. The topological polar surface area (TPSA) is 83.6 Å². The third-order valence-electron chi connectivity index (χ3n) is 2.72. The quantitative estimate of drug-likeness (QED) is 0.673. The van der Waals surface area contributed by atoms with Gasteiger partial charge in [0.2, 0.25) is 5.91 Å². The van der Waals surface area contributed by atoms with E-state index < -0.39 is 21.9 Å². The van der Waals surface area contributed by atoms with E-state index in [1.807, 2.05) is 0 Å². The molecule has 0 spiro atoms. The largest absolute Gasteiger partial charge is 0.324 e. The van der Waals surface area contributed by atoms with Crippen molar-refractivity contribution in [2.24, 2.45) is 5.92 Å².